The van der Waals surface area contributed by atoms with Gasteiger partial charge in [-0.15, -0.1) is 0 Å². The number of hydrogen-bond donors (Lipinski definition) is 1. The Hall–Kier alpha value is -1.36. The van der Waals surface area contributed by atoms with Crippen LogP contribution in [-0.2, 0) is 22.6 Å². The first-order valence-corrected chi connectivity index (χ1v) is 6.61. The molecule has 0 saturated carbocycles. The second kappa shape index (κ2) is 6.70. The molecule has 0 fully saturated rings. The molecular formula is C15H21NO3. The molecule has 0 saturated heterocycles. The number of rotatable bonds is 7. The number of hydrogen-bond acceptors (Lipinski definition) is 4. The van der Waals surface area contributed by atoms with Crippen LogP contribution in [-0.4, -0.2) is 19.3 Å². The molecule has 19 heavy (non-hydrogen) atoms. The molecule has 2 N–H and O–H groups in total. The maximum absolute atomic E-state index is 5.71. The Kier molecular flexibility index (Phi) is 4.96. The van der Waals surface area contributed by atoms with Crippen LogP contribution in [0.1, 0.15) is 25.2 Å². The second-order valence-electron chi connectivity index (χ2n) is 4.68. The van der Waals surface area contributed by atoms with Gasteiger partial charge in [0, 0.05) is 10.9 Å². The van der Waals surface area contributed by atoms with Crippen LogP contribution < -0.4 is 5.73 Å². The van der Waals surface area contributed by atoms with Gasteiger partial charge in [-0.2, -0.15) is 0 Å². The molecular weight excluding hydrogens is 242 g/mol. The van der Waals surface area contributed by atoms with E-state index in [1.165, 1.54) is 0 Å². The van der Waals surface area contributed by atoms with Crippen molar-refractivity contribution in [2.45, 2.75) is 33.1 Å². The molecule has 0 aliphatic rings. The summed E-state index contributed by atoms with van der Waals surface area (Å²) in [5.74, 6) is 0.797. The van der Waals surface area contributed by atoms with E-state index >= 15 is 0 Å². The summed E-state index contributed by atoms with van der Waals surface area (Å²) in [7, 11) is 0. The topological polar surface area (TPSA) is 57.6 Å². The minimum atomic E-state index is 0.234. The molecule has 0 amide bonds. The van der Waals surface area contributed by atoms with Crippen molar-refractivity contribution in [3.63, 3.8) is 0 Å². The Bertz CT molecular complexity index is 519. The Balaban J connectivity index is 1.99. The van der Waals surface area contributed by atoms with Crippen molar-refractivity contribution in [3.8, 4) is 0 Å². The largest absolute Gasteiger partial charge is 0.459 e. The Morgan fingerprint density at radius 1 is 1.21 bits per heavy atom. The van der Waals surface area contributed by atoms with E-state index < -0.39 is 0 Å². The number of ether oxygens (including phenoxy) is 2. The molecule has 4 heteroatoms. The molecule has 0 aliphatic heterocycles. The van der Waals surface area contributed by atoms with Gasteiger partial charge >= 0.3 is 0 Å². The quantitative estimate of drug-likeness (QED) is 0.780. The Labute approximate surface area is 113 Å². The van der Waals surface area contributed by atoms with Crippen molar-refractivity contribution >= 4 is 11.0 Å². The lowest BCUT2D eigenvalue weighted by Crippen LogP contribution is -2.10. The van der Waals surface area contributed by atoms with Crippen molar-refractivity contribution in [2.24, 2.45) is 5.73 Å². The Morgan fingerprint density at radius 3 is 2.74 bits per heavy atom. The van der Waals surface area contributed by atoms with E-state index in [4.69, 9.17) is 19.6 Å². The highest BCUT2D eigenvalue weighted by atomic mass is 16.5. The first-order chi connectivity index (χ1) is 9.22. The lowest BCUT2D eigenvalue weighted by molar-refractivity contribution is 0.0142. The van der Waals surface area contributed by atoms with Crippen molar-refractivity contribution < 1.29 is 13.9 Å². The van der Waals surface area contributed by atoms with Gasteiger partial charge < -0.3 is 19.6 Å². The molecule has 1 aromatic heterocycles. The molecule has 2 rings (SSSR count). The third-order valence-electron chi connectivity index (χ3n) is 2.89. The normalized spacial score (nSPS) is 11.6. The highest BCUT2D eigenvalue weighted by molar-refractivity contribution is 5.82. The predicted octanol–water partition coefficient (Wildman–Crippen LogP) is 2.83. The first-order valence-electron chi connectivity index (χ1n) is 6.61. The van der Waals surface area contributed by atoms with Crippen molar-refractivity contribution in [1.82, 2.24) is 0 Å². The van der Waals surface area contributed by atoms with E-state index in [1.54, 1.807) is 0 Å². The maximum Gasteiger partial charge on any atom is 0.134 e. The van der Waals surface area contributed by atoms with Crippen LogP contribution in [0, 0.1) is 0 Å². The van der Waals surface area contributed by atoms with Gasteiger partial charge in [-0.05, 0) is 19.9 Å². The predicted molar refractivity (Wildman–Crippen MR) is 74.8 cm³/mol. The van der Waals surface area contributed by atoms with Gasteiger partial charge in [0.25, 0.3) is 0 Å². The van der Waals surface area contributed by atoms with Gasteiger partial charge in [0.1, 0.15) is 11.3 Å². The van der Waals surface area contributed by atoms with Crippen LogP contribution in [0.5, 0.6) is 0 Å². The molecule has 0 radical (unpaired) electrons. The molecule has 1 heterocycles. The van der Waals surface area contributed by atoms with Crippen molar-refractivity contribution in [1.29, 1.82) is 0 Å². The summed E-state index contributed by atoms with van der Waals surface area (Å²) in [4.78, 5) is 0. The SMILES string of the molecule is CC(C)OCCOCc1c(CN)oc2ccccc12. The van der Waals surface area contributed by atoms with Crippen LogP contribution in [0.4, 0.5) is 0 Å². The number of benzene rings is 1. The van der Waals surface area contributed by atoms with Crippen LogP contribution >= 0.6 is 0 Å². The highest BCUT2D eigenvalue weighted by Crippen LogP contribution is 2.26. The van der Waals surface area contributed by atoms with Gasteiger partial charge in [-0.1, -0.05) is 18.2 Å². The first kappa shape index (κ1) is 14.1. The van der Waals surface area contributed by atoms with Crippen molar-refractivity contribution in [3.05, 3.63) is 35.6 Å². The third-order valence-corrected chi connectivity index (χ3v) is 2.89. The molecule has 104 valence electrons. The minimum absolute atomic E-state index is 0.234. The monoisotopic (exact) mass is 263 g/mol. The zero-order chi connectivity index (χ0) is 13.7. The maximum atomic E-state index is 5.71. The van der Waals surface area contributed by atoms with E-state index in [1.807, 2.05) is 38.1 Å². The molecule has 0 unspecified atom stereocenters. The number of nitrogens with two attached hydrogens (primary N) is 1. The highest BCUT2D eigenvalue weighted by Gasteiger charge is 2.12. The summed E-state index contributed by atoms with van der Waals surface area (Å²) < 4.78 is 16.8. The van der Waals surface area contributed by atoms with Gasteiger partial charge in [-0.3, -0.25) is 0 Å². The summed E-state index contributed by atoms with van der Waals surface area (Å²) >= 11 is 0. The van der Waals surface area contributed by atoms with E-state index in [0.717, 1.165) is 22.3 Å². The van der Waals surface area contributed by atoms with E-state index in [-0.39, 0.29) is 6.10 Å². The smallest absolute Gasteiger partial charge is 0.134 e. The van der Waals surface area contributed by atoms with Crippen LogP contribution in [0.2, 0.25) is 0 Å². The van der Waals surface area contributed by atoms with E-state index in [9.17, 15) is 0 Å². The molecule has 2 aromatic rings. The summed E-state index contributed by atoms with van der Waals surface area (Å²) in [5, 5.41) is 1.08. The number of fused-ring (bicyclic) bond motifs is 1. The summed E-state index contributed by atoms with van der Waals surface area (Å²) in [6, 6.07) is 7.91. The van der Waals surface area contributed by atoms with E-state index in [2.05, 4.69) is 0 Å². The molecule has 0 spiro atoms. The Morgan fingerprint density at radius 2 is 2.00 bits per heavy atom. The zero-order valence-electron chi connectivity index (χ0n) is 11.5. The summed E-state index contributed by atoms with van der Waals surface area (Å²) in [6.07, 6.45) is 0.234. The van der Waals surface area contributed by atoms with Gasteiger partial charge in [-0.25, -0.2) is 0 Å². The van der Waals surface area contributed by atoms with Crippen LogP contribution in [0.3, 0.4) is 0 Å². The second-order valence-corrected chi connectivity index (χ2v) is 4.68. The third kappa shape index (κ3) is 3.56. The van der Waals surface area contributed by atoms with Crippen molar-refractivity contribution in [2.75, 3.05) is 13.2 Å². The number of para-hydroxylation sites is 1. The average Bonchev–Trinajstić information content (AvgIpc) is 2.76. The molecule has 0 aliphatic carbocycles. The lowest BCUT2D eigenvalue weighted by atomic mass is 10.1. The van der Waals surface area contributed by atoms with Gasteiger partial charge in [0.2, 0.25) is 0 Å². The molecule has 1 aromatic carbocycles. The molecule has 0 atom stereocenters. The molecule has 0 bridgehead atoms. The van der Waals surface area contributed by atoms with Crippen LogP contribution in [0.25, 0.3) is 11.0 Å². The fourth-order valence-corrected chi connectivity index (χ4v) is 1.99. The van der Waals surface area contributed by atoms with Gasteiger partial charge in [0.05, 0.1) is 32.5 Å². The number of furan rings is 1. The zero-order valence-corrected chi connectivity index (χ0v) is 11.5. The average molecular weight is 263 g/mol. The minimum Gasteiger partial charge on any atom is -0.459 e. The molecule has 4 nitrogen and oxygen atoms in total. The fourth-order valence-electron chi connectivity index (χ4n) is 1.99. The lowest BCUT2D eigenvalue weighted by Gasteiger charge is -2.08. The van der Waals surface area contributed by atoms with Gasteiger partial charge in [0.15, 0.2) is 0 Å². The summed E-state index contributed by atoms with van der Waals surface area (Å²) in [5.41, 5.74) is 7.62. The standard InChI is InChI=1S/C15H21NO3/c1-11(2)18-8-7-17-10-13-12-5-3-4-6-14(12)19-15(13)9-16/h3-6,11H,7-10,16H2,1-2H3. The van der Waals surface area contributed by atoms with Crippen LogP contribution in [0.15, 0.2) is 28.7 Å². The van der Waals surface area contributed by atoms with E-state index in [0.29, 0.717) is 26.4 Å². The summed E-state index contributed by atoms with van der Waals surface area (Å²) in [6.45, 7) is 6.08. The fraction of sp³-hybridized carbons (Fsp3) is 0.467.